The molecule has 2 rings (SSSR count). The highest BCUT2D eigenvalue weighted by Crippen LogP contribution is 2.18. The molecule has 0 aromatic heterocycles. The number of hydrogen-bond donors (Lipinski definition) is 1. The number of carbonyl (C=O) groups excluding carboxylic acids is 1. The van der Waals surface area contributed by atoms with Crippen molar-refractivity contribution in [3.63, 3.8) is 0 Å². The van der Waals surface area contributed by atoms with Gasteiger partial charge in [-0.15, -0.1) is 0 Å². The van der Waals surface area contributed by atoms with Crippen molar-refractivity contribution < 1.29 is 19.4 Å². The Morgan fingerprint density at radius 1 is 1.44 bits per heavy atom. The molecule has 1 fully saturated rings. The van der Waals surface area contributed by atoms with Crippen LogP contribution in [0.4, 0.5) is 0 Å². The number of nitrogens with zero attached hydrogens (tertiary/aromatic N) is 1. The fraction of sp³-hybridized carbons (Fsp3) is 0.692. The van der Waals surface area contributed by atoms with Crippen LogP contribution in [0, 0.1) is 0 Å². The van der Waals surface area contributed by atoms with Crippen LogP contribution in [0.3, 0.4) is 0 Å². The van der Waals surface area contributed by atoms with E-state index in [0.29, 0.717) is 25.0 Å². The van der Waals surface area contributed by atoms with E-state index in [1.807, 2.05) is 0 Å². The molecule has 2 heterocycles. The van der Waals surface area contributed by atoms with E-state index in [-0.39, 0.29) is 18.6 Å². The summed E-state index contributed by atoms with van der Waals surface area (Å²) >= 11 is 0. The van der Waals surface area contributed by atoms with Crippen molar-refractivity contribution in [1.29, 1.82) is 0 Å². The molecule has 0 unspecified atom stereocenters. The third-order valence-corrected chi connectivity index (χ3v) is 3.45. The number of carbonyl (C=O) groups is 2. The van der Waals surface area contributed by atoms with Gasteiger partial charge in [0.2, 0.25) is 5.91 Å². The Morgan fingerprint density at radius 2 is 2.28 bits per heavy atom. The Bertz CT molecular complexity index is 358. The second-order valence-electron chi connectivity index (χ2n) is 4.83. The zero-order valence-electron chi connectivity index (χ0n) is 10.4. The predicted molar refractivity (Wildman–Crippen MR) is 65.1 cm³/mol. The van der Waals surface area contributed by atoms with Gasteiger partial charge in [-0.3, -0.25) is 4.79 Å². The lowest BCUT2D eigenvalue weighted by Crippen LogP contribution is -2.39. The highest BCUT2D eigenvalue weighted by molar-refractivity contribution is 5.88. The molecular formula is C13H19NO4. The number of rotatable bonds is 3. The van der Waals surface area contributed by atoms with Crippen LogP contribution in [-0.2, 0) is 14.3 Å². The topological polar surface area (TPSA) is 66.8 Å². The monoisotopic (exact) mass is 253 g/mol. The summed E-state index contributed by atoms with van der Waals surface area (Å²) in [5.74, 6) is -0.921. The van der Waals surface area contributed by atoms with Crippen LogP contribution in [0.15, 0.2) is 11.6 Å². The molecule has 0 aromatic carbocycles. The largest absolute Gasteiger partial charge is 0.478 e. The van der Waals surface area contributed by atoms with Crippen molar-refractivity contribution in [3.05, 3.63) is 11.6 Å². The van der Waals surface area contributed by atoms with E-state index < -0.39 is 5.97 Å². The predicted octanol–water partition coefficient (Wildman–Crippen LogP) is 1.19. The molecule has 0 radical (unpaired) electrons. The minimum atomic E-state index is -0.929. The molecule has 2 aliphatic heterocycles. The number of carboxylic acid groups (broad SMARTS) is 1. The van der Waals surface area contributed by atoms with Crippen LogP contribution in [-0.4, -0.2) is 47.7 Å². The first-order valence-corrected chi connectivity index (χ1v) is 6.48. The molecular weight excluding hydrogens is 234 g/mol. The van der Waals surface area contributed by atoms with Crippen LogP contribution in [0.25, 0.3) is 0 Å². The maximum absolute atomic E-state index is 12.1. The standard InChI is InChI=1S/C13H19NO4/c15-12(8-11-5-1-2-7-18-11)14-6-3-4-10(9-14)13(16)17/h4,11H,1-3,5-9H2,(H,16,17)/t11-/m1/s1. The first kappa shape index (κ1) is 13.1. The van der Waals surface area contributed by atoms with Gasteiger partial charge in [0.1, 0.15) is 0 Å². The minimum absolute atomic E-state index is 0.00810. The maximum Gasteiger partial charge on any atom is 0.333 e. The van der Waals surface area contributed by atoms with Gasteiger partial charge in [-0.25, -0.2) is 4.79 Å². The van der Waals surface area contributed by atoms with E-state index >= 15 is 0 Å². The Labute approximate surface area is 106 Å². The lowest BCUT2D eigenvalue weighted by molar-refractivity contribution is -0.136. The Kier molecular flexibility index (Phi) is 4.36. The van der Waals surface area contributed by atoms with Crippen molar-refractivity contribution >= 4 is 11.9 Å². The quantitative estimate of drug-likeness (QED) is 0.820. The summed E-state index contributed by atoms with van der Waals surface area (Å²) in [4.78, 5) is 24.6. The Morgan fingerprint density at radius 3 is 2.94 bits per heavy atom. The summed E-state index contributed by atoms with van der Waals surface area (Å²) in [6, 6.07) is 0. The van der Waals surface area contributed by atoms with E-state index in [0.717, 1.165) is 25.9 Å². The Hall–Kier alpha value is -1.36. The minimum Gasteiger partial charge on any atom is -0.478 e. The van der Waals surface area contributed by atoms with Crippen molar-refractivity contribution in [2.75, 3.05) is 19.7 Å². The Balaban J connectivity index is 1.85. The lowest BCUT2D eigenvalue weighted by atomic mass is 10.0. The fourth-order valence-corrected chi connectivity index (χ4v) is 2.40. The van der Waals surface area contributed by atoms with Gasteiger partial charge in [0.15, 0.2) is 0 Å². The number of aliphatic carboxylic acids is 1. The summed E-state index contributed by atoms with van der Waals surface area (Å²) in [6.07, 6.45) is 5.83. The maximum atomic E-state index is 12.1. The molecule has 0 saturated carbocycles. The zero-order valence-corrected chi connectivity index (χ0v) is 10.4. The zero-order chi connectivity index (χ0) is 13.0. The summed E-state index contributed by atoms with van der Waals surface area (Å²) < 4.78 is 5.54. The molecule has 0 aliphatic carbocycles. The van der Waals surface area contributed by atoms with E-state index in [1.54, 1.807) is 11.0 Å². The van der Waals surface area contributed by atoms with E-state index in [4.69, 9.17) is 9.84 Å². The summed E-state index contributed by atoms with van der Waals surface area (Å²) in [5, 5.41) is 8.93. The molecule has 1 amide bonds. The molecule has 1 atom stereocenters. The van der Waals surface area contributed by atoms with Crippen molar-refractivity contribution in [1.82, 2.24) is 4.90 Å². The van der Waals surface area contributed by atoms with E-state index in [2.05, 4.69) is 0 Å². The van der Waals surface area contributed by atoms with Crippen LogP contribution in [0.1, 0.15) is 32.1 Å². The van der Waals surface area contributed by atoms with Gasteiger partial charge in [0.05, 0.1) is 24.6 Å². The SMILES string of the molecule is O=C(O)C1=CCCN(C(=O)C[C@H]2CCCCO2)C1. The van der Waals surface area contributed by atoms with Gasteiger partial charge in [0, 0.05) is 13.2 Å². The molecule has 5 heteroatoms. The summed E-state index contributed by atoms with van der Waals surface area (Å²) in [7, 11) is 0. The van der Waals surface area contributed by atoms with Gasteiger partial charge in [-0.05, 0) is 25.7 Å². The molecule has 18 heavy (non-hydrogen) atoms. The number of carboxylic acids is 1. The second-order valence-corrected chi connectivity index (χ2v) is 4.83. The van der Waals surface area contributed by atoms with E-state index in [9.17, 15) is 9.59 Å². The number of ether oxygens (including phenoxy) is 1. The van der Waals surface area contributed by atoms with E-state index in [1.165, 1.54) is 0 Å². The average molecular weight is 253 g/mol. The number of hydrogen-bond acceptors (Lipinski definition) is 3. The molecule has 5 nitrogen and oxygen atoms in total. The third-order valence-electron chi connectivity index (χ3n) is 3.45. The van der Waals surface area contributed by atoms with Crippen LogP contribution in [0.5, 0.6) is 0 Å². The summed E-state index contributed by atoms with van der Waals surface area (Å²) in [6.45, 7) is 1.57. The van der Waals surface area contributed by atoms with Gasteiger partial charge in [0.25, 0.3) is 0 Å². The molecule has 1 saturated heterocycles. The normalized spacial score (nSPS) is 24.6. The summed E-state index contributed by atoms with van der Waals surface area (Å²) in [5.41, 5.74) is 0.319. The van der Waals surface area contributed by atoms with Gasteiger partial charge in [-0.1, -0.05) is 6.08 Å². The highest BCUT2D eigenvalue weighted by atomic mass is 16.5. The highest BCUT2D eigenvalue weighted by Gasteiger charge is 2.25. The van der Waals surface area contributed by atoms with Crippen LogP contribution < -0.4 is 0 Å². The molecule has 0 bridgehead atoms. The van der Waals surface area contributed by atoms with Gasteiger partial charge in [-0.2, -0.15) is 0 Å². The first-order chi connectivity index (χ1) is 8.66. The molecule has 1 N–H and O–H groups in total. The number of amides is 1. The van der Waals surface area contributed by atoms with Crippen molar-refractivity contribution in [2.24, 2.45) is 0 Å². The molecule has 0 aromatic rings. The average Bonchev–Trinajstić information content (AvgIpc) is 2.40. The molecule has 0 spiro atoms. The smallest absolute Gasteiger partial charge is 0.333 e. The first-order valence-electron chi connectivity index (χ1n) is 6.48. The van der Waals surface area contributed by atoms with Gasteiger partial charge < -0.3 is 14.7 Å². The van der Waals surface area contributed by atoms with Gasteiger partial charge >= 0.3 is 5.97 Å². The molecule has 100 valence electrons. The van der Waals surface area contributed by atoms with Crippen molar-refractivity contribution in [2.45, 2.75) is 38.2 Å². The molecule has 2 aliphatic rings. The van der Waals surface area contributed by atoms with Crippen LogP contribution >= 0.6 is 0 Å². The lowest BCUT2D eigenvalue weighted by Gasteiger charge is -2.29. The van der Waals surface area contributed by atoms with Crippen LogP contribution in [0.2, 0.25) is 0 Å². The second kappa shape index (κ2) is 6.00. The fourth-order valence-electron chi connectivity index (χ4n) is 2.40. The van der Waals surface area contributed by atoms with Crippen molar-refractivity contribution in [3.8, 4) is 0 Å². The third kappa shape index (κ3) is 3.32.